The van der Waals surface area contributed by atoms with Crippen LogP contribution in [0.3, 0.4) is 0 Å². The molecule has 1 aliphatic rings. The lowest BCUT2D eigenvalue weighted by Gasteiger charge is -2.15. The summed E-state index contributed by atoms with van der Waals surface area (Å²) in [6, 6.07) is 12.6. The fourth-order valence-corrected chi connectivity index (χ4v) is 3.22. The zero-order valence-electron chi connectivity index (χ0n) is 11.0. The molecule has 0 spiro atoms. The van der Waals surface area contributed by atoms with Crippen molar-refractivity contribution in [2.75, 3.05) is 12.4 Å². The van der Waals surface area contributed by atoms with E-state index in [9.17, 15) is 4.39 Å². The average molecular weight is 289 g/mol. The first kappa shape index (κ1) is 13.5. The van der Waals surface area contributed by atoms with E-state index in [0.717, 1.165) is 35.0 Å². The third-order valence-corrected chi connectivity index (χ3v) is 4.52. The minimum Gasteiger partial charge on any atom is -0.493 e. The fourth-order valence-electron chi connectivity index (χ4n) is 2.34. The van der Waals surface area contributed by atoms with Gasteiger partial charge in [-0.1, -0.05) is 18.2 Å². The van der Waals surface area contributed by atoms with Crippen molar-refractivity contribution in [1.29, 1.82) is 0 Å². The molecule has 2 aromatic carbocycles. The lowest BCUT2D eigenvalue weighted by atomic mass is 10.0. The van der Waals surface area contributed by atoms with Crippen LogP contribution in [0.5, 0.6) is 5.75 Å². The molecule has 20 heavy (non-hydrogen) atoms. The summed E-state index contributed by atoms with van der Waals surface area (Å²) in [7, 11) is 0. The van der Waals surface area contributed by atoms with Gasteiger partial charge in [-0.05, 0) is 29.8 Å². The summed E-state index contributed by atoms with van der Waals surface area (Å²) < 4.78 is 18.5. The molecule has 3 rings (SSSR count). The minimum atomic E-state index is -0.215. The average Bonchev–Trinajstić information content (AvgIpc) is 2.94. The van der Waals surface area contributed by atoms with Crippen LogP contribution in [0.25, 0.3) is 0 Å². The molecule has 2 nitrogen and oxygen atoms in total. The Morgan fingerprint density at radius 2 is 2.00 bits per heavy atom. The molecular formula is C16H16FNOS. The number of hydrogen-bond donors (Lipinski definition) is 1. The van der Waals surface area contributed by atoms with E-state index >= 15 is 0 Å². The second-order valence-electron chi connectivity index (χ2n) is 4.81. The topological polar surface area (TPSA) is 35.2 Å². The van der Waals surface area contributed by atoms with Crippen molar-refractivity contribution in [3.8, 4) is 5.75 Å². The van der Waals surface area contributed by atoms with E-state index in [1.165, 1.54) is 17.7 Å². The summed E-state index contributed by atoms with van der Waals surface area (Å²) in [5.41, 5.74) is 8.58. The van der Waals surface area contributed by atoms with Gasteiger partial charge in [-0.25, -0.2) is 4.39 Å². The molecule has 0 saturated carbocycles. The Kier molecular flexibility index (Phi) is 3.94. The van der Waals surface area contributed by atoms with Gasteiger partial charge >= 0.3 is 0 Å². The summed E-state index contributed by atoms with van der Waals surface area (Å²) >= 11 is 1.63. The molecule has 0 aliphatic carbocycles. The van der Waals surface area contributed by atoms with E-state index in [0.29, 0.717) is 0 Å². The Labute approximate surface area is 122 Å². The van der Waals surface area contributed by atoms with Crippen molar-refractivity contribution in [3.63, 3.8) is 0 Å². The molecule has 0 radical (unpaired) electrons. The molecule has 1 aliphatic heterocycles. The van der Waals surface area contributed by atoms with Crippen molar-refractivity contribution < 1.29 is 9.13 Å². The highest BCUT2D eigenvalue weighted by Gasteiger charge is 2.19. The predicted octanol–water partition coefficient (Wildman–Crippen LogP) is 3.55. The maximum absolute atomic E-state index is 12.9. The Morgan fingerprint density at radius 3 is 2.80 bits per heavy atom. The van der Waals surface area contributed by atoms with Crippen molar-refractivity contribution in [2.45, 2.75) is 17.4 Å². The third kappa shape index (κ3) is 2.81. The lowest BCUT2D eigenvalue weighted by Crippen LogP contribution is -2.14. The molecule has 1 atom stereocenters. The minimum absolute atomic E-state index is 0.0851. The van der Waals surface area contributed by atoms with E-state index in [-0.39, 0.29) is 11.9 Å². The molecule has 2 aromatic rings. The van der Waals surface area contributed by atoms with Crippen LogP contribution in [0.1, 0.15) is 17.2 Å². The number of benzene rings is 2. The molecule has 1 heterocycles. The SMILES string of the molecule is NC(CSc1ccc(F)cc1)c1cccc2c1OCC2. The van der Waals surface area contributed by atoms with Crippen LogP contribution < -0.4 is 10.5 Å². The first-order valence-corrected chi connectivity index (χ1v) is 7.61. The molecule has 104 valence electrons. The largest absolute Gasteiger partial charge is 0.493 e. The molecular weight excluding hydrogens is 273 g/mol. The quantitative estimate of drug-likeness (QED) is 0.874. The van der Waals surface area contributed by atoms with Crippen LogP contribution in [0.15, 0.2) is 47.4 Å². The number of para-hydroxylation sites is 1. The number of fused-ring (bicyclic) bond motifs is 1. The Bertz CT molecular complexity index is 600. The molecule has 0 bridgehead atoms. The summed E-state index contributed by atoms with van der Waals surface area (Å²) in [6.45, 7) is 0.740. The van der Waals surface area contributed by atoms with E-state index in [1.54, 1.807) is 23.9 Å². The summed E-state index contributed by atoms with van der Waals surface area (Å²) in [4.78, 5) is 1.02. The monoisotopic (exact) mass is 289 g/mol. The molecule has 1 unspecified atom stereocenters. The first-order chi connectivity index (χ1) is 9.74. The highest BCUT2D eigenvalue weighted by Crippen LogP contribution is 2.34. The van der Waals surface area contributed by atoms with Crippen LogP contribution in [-0.4, -0.2) is 12.4 Å². The zero-order valence-corrected chi connectivity index (χ0v) is 11.8. The molecule has 0 saturated heterocycles. The van der Waals surface area contributed by atoms with Crippen molar-refractivity contribution in [3.05, 3.63) is 59.4 Å². The van der Waals surface area contributed by atoms with Gasteiger partial charge < -0.3 is 10.5 Å². The molecule has 2 N–H and O–H groups in total. The van der Waals surface area contributed by atoms with E-state index < -0.39 is 0 Å². The number of ether oxygens (including phenoxy) is 1. The number of halogens is 1. The third-order valence-electron chi connectivity index (χ3n) is 3.39. The van der Waals surface area contributed by atoms with E-state index in [4.69, 9.17) is 10.5 Å². The fraction of sp³-hybridized carbons (Fsp3) is 0.250. The lowest BCUT2D eigenvalue weighted by molar-refractivity contribution is 0.352. The number of hydrogen-bond acceptors (Lipinski definition) is 3. The highest BCUT2D eigenvalue weighted by molar-refractivity contribution is 7.99. The van der Waals surface area contributed by atoms with Gasteiger partial charge in [0.2, 0.25) is 0 Å². The van der Waals surface area contributed by atoms with Gasteiger partial charge in [0.1, 0.15) is 11.6 Å². The standard InChI is InChI=1S/C16H16FNOS/c17-12-4-6-13(7-5-12)20-10-15(18)14-3-1-2-11-8-9-19-16(11)14/h1-7,15H,8-10,18H2. The smallest absolute Gasteiger partial charge is 0.127 e. The van der Waals surface area contributed by atoms with Crippen LogP contribution >= 0.6 is 11.8 Å². The van der Waals surface area contributed by atoms with E-state index in [1.807, 2.05) is 12.1 Å². The Morgan fingerprint density at radius 1 is 1.20 bits per heavy atom. The number of thioether (sulfide) groups is 1. The number of rotatable bonds is 4. The van der Waals surface area contributed by atoms with Gasteiger partial charge in [0.15, 0.2) is 0 Å². The molecule has 4 heteroatoms. The van der Waals surface area contributed by atoms with E-state index in [2.05, 4.69) is 6.07 Å². The maximum atomic E-state index is 12.9. The maximum Gasteiger partial charge on any atom is 0.127 e. The van der Waals surface area contributed by atoms with Gasteiger partial charge in [0, 0.05) is 28.7 Å². The molecule has 0 amide bonds. The van der Waals surface area contributed by atoms with Gasteiger partial charge in [-0.3, -0.25) is 0 Å². The van der Waals surface area contributed by atoms with Crippen LogP contribution in [0.4, 0.5) is 4.39 Å². The Balaban J connectivity index is 1.69. The second kappa shape index (κ2) is 5.85. The summed E-state index contributed by atoms with van der Waals surface area (Å²) in [6.07, 6.45) is 0.959. The summed E-state index contributed by atoms with van der Waals surface area (Å²) in [5, 5.41) is 0. The predicted molar refractivity (Wildman–Crippen MR) is 79.7 cm³/mol. The second-order valence-corrected chi connectivity index (χ2v) is 5.90. The zero-order chi connectivity index (χ0) is 13.9. The summed E-state index contributed by atoms with van der Waals surface area (Å²) in [5.74, 6) is 1.48. The Hall–Kier alpha value is -1.52. The molecule has 0 aromatic heterocycles. The highest BCUT2D eigenvalue weighted by atomic mass is 32.2. The van der Waals surface area contributed by atoms with Gasteiger partial charge in [0.25, 0.3) is 0 Å². The normalized spacial score (nSPS) is 14.7. The van der Waals surface area contributed by atoms with Crippen molar-refractivity contribution >= 4 is 11.8 Å². The van der Waals surface area contributed by atoms with Gasteiger partial charge in [0.05, 0.1) is 6.61 Å². The van der Waals surface area contributed by atoms with Crippen LogP contribution in [0.2, 0.25) is 0 Å². The van der Waals surface area contributed by atoms with Gasteiger partial charge in [-0.15, -0.1) is 11.8 Å². The number of nitrogens with two attached hydrogens (primary N) is 1. The molecule has 0 fully saturated rings. The van der Waals surface area contributed by atoms with Crippen LogP contribution in [0, 0.1) is 5.82 Å². The van der Waals surface area contributed by atoms with Crippen LogP contribution in [-0.2, 0) is 6.42 Å². The van der Waals surface area contributed by atoms with Gasteiger partial charge in [-0.2, -0.15) is 0 Å². The van der Waals surface area contributed by atoms with Crippen molar-refractivity contribution in [1.82, 2.24) is 0 Å². The first-order valence-electron chi connectivity index (χ1n) is 6.62. The van der Waals surface area contributed by atoms with Crippen molar-refractivity contribution in [2.24, 2.45) is 5.73 Å².